The molecule has 2 atom stereocenters. The molecule has 1 aromatic heterocycles. The van der Waals surface area contributed by atoms with E-state index in [1.807, 2.05) is 17.5 Å². The number of nitrogens with zero attached hydrogens (tertiary/aromatic N) is 1. The van der Waals surface area contributed by atoms with Crippen LogP contribution in [0.3, 0.4) is 0 Å². The van der Waals surface area contributed by atoms with Crippen molar-refractivity contribution < 1.29 is 22.7 Å². The monoisotopic (exact) mass is 415 g/mol. The molecule has 0 saturated carbocycles. The summed E-state index contributed by atoms with van der Waals surface area (Å²) in [5.74, 6) is -1.66. The van der Waals surface area contributed by atoms with E-state index in [1.54, 1.807) is 25.2 Å². The predicted octanol–water partition coefficient (Wildman–Crippen LogP) is -0.0380. The maximum atomic E-state index is 12.8. The summed E-state index contributed by atoms with van der Waals surface area (Å²) >= 11 is 1.61. The fourth-order valence-corrected chi connectivity index (χ4v) is 5.48. The second kappa shape index (κ2) is 7.86. The summed E-state index contributed by atoms with van der Waals surface area (Å²) in [6, 6.07) is 3.94. The molecular weight excluding hydrogens is 390 g/mol. The maximum absolute atomic E-state index is 12.8. The molecule has 2 N–H and O–H groups in total. The van der Waals surface area contributed by atoms with Crippen molar-refractivity contribution in [2.45, 2.75) is 31.1 Å². The Morgan fingerprint density at radius 3 is 2.93 bits per heavy atom. The third-order valence-corrected chi connectivity index (χ3v) is 8.14. The molecule has 0 radical (unpaired) electrons. The molecule has 1 aromatic rings. The highest BCUT2D eigenvalue weighted by Gasteiger charge is 2.59. The van der Waals surface area contributed by atoms with E-state index in [0.29, 0.717) is 19.5 Å². The Bertz CT molecular complexity index is 794. The SMILES string of the molecule is CC(C)S(=O)(=O)N1C[C@H](C(=O)NCCc2cccs2)[C@@]2(C1)OCCNC2=O. The molecule has 2 aliphatic heterocycles. The van der Waals surface area contributed by atoms with E-state index >= 15 is 0 Å². The van der Waals surface area contributed by atoms with Gasteiger partial charge in [0, 0.05) is 24.5 Å². The summed E-state index contributed by atoms with van der Waals surface area (Å²) in [5, 5.41) is 6.89. The molecule has 0 unspecified atom stereocenters. The summed E-state index contributed by atoms with van der Waals surface area (Å²) in [5.41, 5.74) is -1.47. The summed E-state index contributed by atoms with van der Waals surface area (Å²) < 4.78 is 32.2. The zero-order chi connectivity index (χ0) is 19.7. The molecule has 1 spiro atoms. The fraction of sp³-hybridized carbons (Fsp3) is 0.647. The highest BCUT2D eigenvalue weighted by molar-refractivity contribution is 7.89. The van der Waals surface area contributed by atoms with Crippen LogP contribution in [0.2, 0.25) is 0 Å². The van der Waals surface area contributed by atoms with Gasteiger partial charge in [0.2, 0.25) is 15.9 Å². The number of rotatable bonds is 6. The van der Waals surface area contributed by atoms with Crippen molar-refractivity contribution in [3.05, 3.63) is 22.4 Å². The summed E-state index contributed by atoms with van der Waals surface area (Å²) in [6.45, 7) is 3.99. The number of sulfonamides is 1. The summed E-state index contributed by atoms with van der Waals surface area (Å²) in [6.07, 6.45) is 0.685. The van der Waals surface area contributed by atoms with Crippen molar-refractivity contribution in [1.29, 1.82) is 0 Å². The van der Waals surface area contributed by atoms with E-state index < -0.39 is 32.7 Å². The van der Waals surface area contributed by atoms with Crippen LogP contribution in [-0.2, 0) is 30.8 Å². The quantitative estimate of drug-likeness (QED) is 0.679. The maximum Gasteiger partial charge on any atom is 0.254 e. The highest BCUT2D eigenvalue weighted by atomic mass is 32.2. The molecule has 2 fully saturated rings. The lowest BCUT2D eigenvalue weighted by molar-refractivity contribution is -0.163. The third kappa shape index (κ3) is 3.89. The van der Waals surface area contributed by atoms with Crippen molar-refractivity contribution in [3.63, 3.8) is 0 Å². The minimum Gasteiger partial charge on any atom is -0.361 e. The third-order valence-electron chi connectivity index (χ3n) is 5.01. The zero-order valence-electron chi connectivity index (χ0n) is 15.4. The summed E-state index contributed by atoms with van der Waals surface area (Å²) in [4.78, 5) is 26.6. The van der Waals surface area contributed by atoms with Gasteiger partial charge >= 0.3 is 0 Å². The largest absolute Gasteiger partial charge is 0.361 e. The van der Waals surface area contributed by atoms with Gasteiger partial charge in [-0.15, -0.1) is 11.3 Å². The smallest absolute Gasteiger partial charge is 0.254 e. The minimum absolute atomic E-state index is 0.0568. The number of morpholine rings is 1. The van der Waals surface area contributed by atoms with Crippen LogP contribution in [0.15, 0.2) is 17.5 Å². The number of hydrogen-bond acceptors (Lipinski definition) is 6. The number of hydrogen-bond donors (Lipinski definition) is 2. The average molecular weight is 416 g/mol. The second-order valence-electron chi connectivity index (χ2n) is 7.05. The normalized spacial score (nSPS) is 26.5. The van der Waals surface area contributed by atoms with Crippen molar-refractivity contribution in [2.24, 2.45) is 5.92 Å². The van der Waals surface area contributed by atoms with Crippen molar-refractivity contribution in [2.75, 3.05) is 32.8 Å². The standard InChI is InChI=1S/C17H25N3O5S2/c1-12(2)27(23,24)20-10-14(17(11-20)16(22)19-7-8-25-17)15(21)18-6-5-13-4-3-9-26-13/h3-4,9,12,14H,5-8,10-11H2,1-2H3,(H,18,21)(H,19,22)/t14-,17-/m1/s1. The number of carbonyl (C=O) groups is 2. The molecule has 0 aromatic carbocycles. The molecule has 2 amide bonds. The molecule has 8 nitrogen and oxygen atoms in total. The molecule has 3 heterocycles. The molecule has 0 aliphatic carbocycles. The first-order chi connectivity index (χ1) is 12.8. The number of carbonyl (C=O) groups excluding carboxylic acids is 2. The average Bonchev–Trinajstić information content (AvgIpc) is 3.26. The first-order valence-electron chi connectivity index (χ1n) is 8.98. The Balaban J connectivity index is 1.77. The van der Waals surface area contributed by atoms with Crippen molar-refractivity contribution >= 4 is 33.2 Å². The molecule has 0 bridgehead atoms. The lowest BCUT2D eigenvalue weighted by Crippen LogP contribution is -2.62. The Labute approximate surface area is 163 Å². The van der Waals surface area contributed by atoms with Gasteiger partial charge in [-0.2, -0.15) is 4.31 Å². The fourth-order valence-electron chi connectivity index (χ4n) is 3.45. The molecule has 27 heavy (non-hydrogen) atoms. The van der Waals surface area contributed by atoms with E-state index in [0.717, 1.165) is 4.88 Å². The first kappa shape index (κ1) is 20.2. The van der Waals surface area contributed by atoms with Gasteiger partial charge in [0.05, 0.1) is 24.3 Å². The van der Waals surface area contributed by atoms with Crippen LogP contribution in [0.1, 0.15) is 18.7 Å². The first-order valence-corrected chi connectivity index (χ1v) is 11.4. The van der Waals surface area contributed by atoms with Crippen LogP contribution in [0.4, 0.5) is 0 Å². The van der Waals surface area contributed by atoms with Gasteiger partial charge in [-0.05, 0) is 31.7 Å². The van der Waals surface area contributed by atoms with Crippen molar-refractivity contribution in [3.8, 4) is 0 Å². The van der Waals surface area contributed by atoms with Gasteiger partial charge in [0.15, 0.2) is 5.60 Å². The molecule has 2 saturated heterocycles. The predicted molar refractivity (Wildman–Crippen MR) is 102 cm³/mol. The molecule has 3 rings (SSSR count). The topological polar surface area (TPSA) is 105 Å². The molecule has 2 aliphatic rings. The van der Waals surface area contributed by atoms with Crippen LogP contribution in [0.5, 0.6) is 0 Å². The van der Waals surface area contributed by atoms with E-state index in [1.165, 1.54) is 4.31 Å². The molecular formula is C17H25N3O5S2. The number of nitrogens with one attached hydrogen (secondary N) is 2. The number of thiophene rings is 1. The van der Waals surface area contributed by atoms with Gasteiger partial charge in [-0.25, -0.2) is 8.42 Å². The van der Waals surface area contributed by atoms with Gasteiger partial charge in [0.1, 0.15) is 0 Å². The van der Waals surface area contributed by atoms with E-state index in [-0.39, 0.29) is 25.6 Å². The Kier molecular flexibility index (Phi) is 5.90. The Morgan fingerprint density at radius 1 is 1.52 bits per heavy atom. The Hall–Kier alpha value is -1.49. The lowest BCUT2D eigenvalue weighted by atomic mass is 9.87. The van der Waals surface area contributed by atoms with E-state index in [9.17, 15) is 18.0 Å². The van der Waals surface area contributed by atoms with Gasteiger partial charge < -0.3 is 15.4 Å². The van der Waals surface area contributed by atoms with E-state index in [4.69, 9.17) is 4.74 Å². The van der Waals surface area contributed by atoms with Gasteiger partial charge in [-0.3, -0.25) is 9.59 Å². The molecule has 10 heteroatoms. The van der Waals surface area contributed by atoms with Gasteiger partial charge in [0.25, 0.3) is 5.91 Å². The number of ether oxygens (including phenoxy) is 1. The van der Waals surface area contributed by atoms with Gasteiger partial charge in [-0.1, -0.05) is 6.07 Å². The Morgan fingerprint density at radius 2 is 2.30 bits per heavy atom. The zero-order valence-corrected chi connectivity index (χ0v) is 17.1. The summed E-state index contributed by atoms with van der Waals surface area (Å²) in [7, 11) is -3.60. The highest BCUT2D eigenvalue weighted by Crippen LogP contribution is 2.35. The van der Waals surface area contributed by atoms with E-state index in [2.05, 4.69) is 10.6 Å². The second-order valence-corrected chi connectivity index (χ2v) is 10.6. The van der Waals surface area contributed by atoms with Crippen LogP contribution < -0.4 is 10.6 Å². The van der Waals surface area contributed by atoms with Crippen LogP contribution >= 0.6 is 11.3 Å². The van der Waals surface area contributed by atoms with Crippen LogP contribution in [0.25, 0.3) is 0 Å². The number of amides is 2. The minimum atomic E-state index is -3.60. The lowest BCUT2D eigenvalue weighted by Gasteiger charge is -2.36. The van der Waals surface area contributed by atoms with Crippen molar-refractivity contribution in [1.82, 2.24) is 14.9 Å². The molecule has 150 valence electrons. The van der Waals surface area contributed by atoms with Crippen LogP contribution in [0, 0.1) is 5.92 Å². The van der Waals surface area contributed by atoms with Crippen LogP contribution in [-0.4, -0.2) is 68.2 Å².